The zero-order chi connectivity index (χ0) is 13.1. The molecule has 1 aliphatic rings. The van der Waals surface area contributed by atoms with Gasteiger partial charge in [0.2, 0.25) is 5.91 Å². The van der Waals surface area contributed by atoms with Crippen molar-refractivity contribution in [2.75, 3.05) is 31.1 Å². The smallest absolute Gasteiger partial charge is 0.219 e. The Morgan fingerprint density at radius 2 is 1.83 bits per heavy atom. The lowest BCUT2D eigenvalue weighted by Gasteiger charge is -2.35. The fourth-order valence-electron chi connectivity index (χ4n) is 2.11. The van der Waals surface area contributed by atoms with E-state index in [1.54, 1.807) is 24.0 Å². The van der Waals surface area contributed by atoms with Gasteiger partial charge in [0.1, 0.15) is 0 Å². The summed E-state index contributed by atoms with van der Waals surface area (Å²) in [6.07, 6.45) is 0. The van der Waals surface area contributed by atoms with E-state index in [4.69, 9.17) is 0 Å². The van der Waals surface area contributed by atoms with Crippen molar-refractivity contribution in [1.82, 2.24) is 4.90 Å². The van der Waals surface area contributed by atoms with Crippen LogP contribution in [0.15, 0.2) is 24.3 Å². The lowest BCUT2D eigenvalue weighted by Crippen LogP contribution is -2.48. The number of carbonyl (C=O) groups is 2. The normalized spacial score (nSPS) is 15.6. The maximum atomic E-state index is 11.2. The van der Waals surface area contributed by atoms with Gasteiger partial charge in [-0.25, -0.2) is 0 Å². The SMILES string of the molecule is CC(=O)N1CCN(c2cccc(C(=O)[O-])c2)CC1. The van der Waals surface area contributed by atoms with E-state index >= 15 is 0 Å². The molecule has 0 unspecified atom stereocenters. The van der Waals surface area contributed by atoms with Crippen LogP contribution in [0.4, 0.5) is 5.69 Å². The third kappa shape index (κ3) is 2.61. The minimum atomic E-state index is -1.17. The van der Waals surface area contributed by atoms with Crippen LogP contribution in [0, 0.1) is 0 Å². The van der Waals surface area contributed by atoms with Gasteiger partial charge in [0, 0.05) is 38.8 Å². The molecule has 0 aliphatic carbocycles. The van der Waals surface area contributed by atoms with Crippen LogP contribution in [0.25, 0.3) is 0 Å². The topological polar surface area (TPSA) is 63.7 Å². The average Bonchev–Trinajstić information content (AvgIpc) is 2.39. The van der Waals surface area contributed by atoms with E-state index in [-0.39, 0.29) is 11.5 Å². The van der Waals surface area contributed by atoms with Gasteiger partial charge in [-0.1, -0.05) is 12.1 Å². The van der Waals surface area contributed by atoms with E-state index < -0.39 is 5.97 Å². The van der Waals surface area contributed by atoms with Crippen LogP contribution in [0.3, 0.4) is 0 Å². The second-order valence-corrected chi connectivity index (χ2v) is 4.33. The first kappa shape index (κ1) is 12.4. The minimum absolute atomic E-state index is 0.0816. The maximum absolute atomic E-state index is 11.2. The molecule has 1 fully saturated rings. The summed E-state index contributed by atoms with van der Waals surface area (Å²) in [5.74, 6) is -1.09. The second kappa shape index (κ2) is 5.08. The van der Waals surface area contributed by atoms with Crippen molar-refractivity contribution < 1.29 is 14.7 Å². The Bertz CT molecular complexity index is 465. The Morgan fingerprint density at radius 3 is 2.39 bits per heavy atom. The molecule has 5 heteroatoms. The number of anilines is 1. The summed E-state index contributed by atoms with van der Waals surface area (Å²) in [6.45, 7) is 4.34. The van der Waals surface area contributed by atoms with Crippen LogP contribution in [0.2, 0.25) is 0 Å². The summed E-state index contributed by atoms with van der Waals surface area (Å²) in [6, 6.07) is 6.71. The molecule has 1 aromatic carbocycles. The molecule has 2 rings (SSSR count). The second-order valence-electron chi connectivity index (χ2n) is 4.33. The van der Waals surface area contributed by atoms with Gasteiger partial charge in [0.25, 0.3) is 0 Å². The van der Waals surface area contributed by atoms with Crippen molar-refractivity contribution in [1.29, 1.82) is 0 Å². The fourth-order valence-corrected chi connectivity index (χ4v) is 2.11. The molecule has 0 spiro atoms. The molecule has 0 N–H and O–H groups in total. The third-order valence-electron chi connectivity index (χ3n) is 3.17. The zero-order valence-electron chi connectivity index (χ0n) is 10.3. The Labute approximate surface area is 106 Å². The lowest BCUT2D eigenvalue weighted by atomic mass is 10.1. The van der Waals surface area contributed by atoms with Crippen molar-refractivity contribution in [3.05, 3.63) is 29.8 Å². The number of aromatic carboxylic acids is 1. The molecule has 1 aliphatic heterocycles. The van der Waals surface area contributed by atoms with Crippen molar-refractivity contribution in [2.45, 2.75) is 6.92 Å². The average molecular weight is 247 g/mol. The molecule has 0 atom stereocenters. The van der Waals surface area contributed by atoms with E-state index in [1.165, 1.54) is 6.07 Å². The predicted octanol–water partition coefficient (Wildman–Crippen LogP) is -0.281. The van der Waals surface area contributed by atoms with Crippen molar-refractivity contribution in [3.8, 4) is 0 Å². The van der Waals surface area contributed by atoms with Crippen LogP contribution < -0.4 is 10.0 Å². The molecule has 18 heavy (non-hydrogen) atoms. The summed E-state index contributed by atoms with van der Waals surface area (Å²) in [4.78, 5) is 25.9. The Hall–Kier alpha value is -2.04. The van der Waals surface area contributed by atoms with Gasteiger partial charge >= 0.3 is 0 Å². The standard InChI is InChI=1S/C13H16N2O3/c1-10(16)14-5-7-15(8-6-14)12-4-2-3-11(9-12)13(17)18/h2-4,9H,5-8H2,1H3,(H,17,18)/p-1. The number of rotatable bonds is 2. The Balaban J connectivity index is 2.07. The number of nitrogens with zero attached hydrogens (tertiary/aromatic N) is 2. The molecule has 0 aromatic heterocycles. The molecule has 0 radical (unpaired) electrons. The van der Waals surface area contributed by atoms with E-state index in [1.807, 2.05) is 6.07 Å². The molecule has 1 amide bonds. The highest BCUT2D eigenvalue weighted by atomic mass is 16.4. The zero-order valence-corrected chi connectivity index (χ0v) is 10.3. The number of hydrogen-bond acceptors (Lipinski definition) is 4. The highest BCUT2D eigenvalue weighted by molar-refractivity contribution is 5.87. The first-order valence-corrected chi connectivity index (χ1v) is 5.90. The number of amides is 1. The summed E-state index contributed by atoms with van der Waals surface area (Å²) >= 11 is 0. The van der Waals surface area contributed by atoms with E-state index in [0.717, 1.165) is 18.8 Å². The van der Waals surface area contributed by atoms with Crippen molar-refractivity contribution in [2.24, 2.45) is 0 Å². The van der Waals surface area contributed by atoms with E-state index in [2.05, 4.69) is 4.90 Å². The van der Waals surface area contributed by atoms with Crippen LogP contribution in [0.1, 0.15) is 17.3 Å². The van der Waals surface area contributed by atoms with Gasteiger partial charge < -0.3 is 19.7 Å². The maximum Gasteiger partial charge on any atom is 0.219 e. The Kier molecular flexibility index (Phi) is 3.50. The van der Waals surface area contributed by atoms with Gasteiger partial charge in [-0.2, -0.15) is 0 Å². The number of benzene rings is 1. The third-order valence-corrected chi connectivity index (χ3v) is 3.17. The molecule has 5 nitrogen and oxygen atoms in total. The molecule has 0 bridgehead atoms. The minimum Gasteiger partial charge on any atom is -0.545 e. The van der Waals surface area contributed by atoms with Gasteiger partial charge in [-0.3, -0.25) is 4.79 Å². The van der Waals surface area contributed by atoms with Gasteiger partial charge in [0.05, 0.1) is 5.97 Å². The first-order valence-electron chi connectivity index (χ1n) is 5.90. The monoisotopic (exact) mass is 247 g/mol. The number of hydrogen-bond donors (Lipinski definition) is 0. The molecule has 1 heterocycles. The van der Waals surface area contributed by atoms with Crippen LogP contribution >= 0.6 is 0 Å². The molecular weight excluding hydrogens is 232 g/mol. The number of carboxylic acid groups (broad SMARTS) is 1. The van der Waals surface area contributed by atoms with Crippen LogP contribution in [0.5, 0.6) is 0 Å². The number of piperazine rings is 1. The molecule has 96 valence electrons. The highest BCUT2D eigenvalue weighted by Crippen LogP contribution is 2.17. The summed E-state index contributed by atoms with van der Waals surface area (Å²) < 4.78 is 0. The van der Waals surface area contributed by atoms with E-state index in [0.29, 0.717) is 13.1 Å². The highest BCUT2D eigenvalue weighted by Gasteiger charge is 2.18. The molecule has 1 saturated heterocycles. The molecular formula is C13H15N2O3-. The summed E-state index contributed by atoms with van der Waals surface area (Å²) in [5.41, 5.74) is 1.04. The predicted molar refractivity (Wildman–Crippen MR) is 65.2 cm³/mol. The van der Waals surface area contributed by atoms with Crippen LogP contribution in [-0.4, -0.2) is 43.0 Å². The number of carbonyl (C=O) groups excluding carboxylic acids is 2. The molecule has 1 aromatic rings. The van der Waals surface area contributed by atoms with Gasteiger partial charge in [-0.05, 0) is 17.7 Å². The quantitative estimate of drug-likeness (QED) is 0.721. The summed E-state index contributed by atoms with van der Waals surface area (Å²) in [5, 5.41) is 10.8. The van der Waals surface area contributed by atoms with Crippen molar-refractivity contribution >= 4 is 17.6 Å². The van der Waals surface area contributed by atoms with Crippen molar-refractivity contribution in [3.63, 3.8) is 0 Å². The number of carboxylic acids is 1. The molecule has 0 saturated carbocycles. The summed E-state index contributed by atoms with van der Waals surface area (Å²) in [7, 11) is 0. The largest absolute Gasteiger partial charge is 0.545 e. The van der Waals surface area contributed by atoms with Gasteiger partial charge in [0.15, 0.2) is 0 Å². The fraction of sp³-hybridized carbons (Fsp3) is 0.385. The first-order chi connectivity index (χ1) is 8.58. The lowest BCUT2D eigenvalue weighted by molar-refractivity contribution is -0.255. The van der Waals surface area contributed by atoms with E-state index in [9.17, 15) is 14.7 Å². The Morgan fingerprint density at radius 1 is 1.17 bits per heavy atom. The van der Waals surface area contributed by atoms with Crippen LogP contribution in [-0.2, 0) is 4.79 Å². The van der Waals surface area contributed by atoms with Gasteiger partial charge in [-0.15, -0.1) is 0 Å².